The number of hydrogen-bond donors (Lipinski definition) is 2. The van der Waals surface area contributed by atoms with Gasteiger partial charge in [0, 0.05) is 31.5 Å². The molecule has 1 aliphatic carbocycles. The maximum absolute atomic E-state index is 12.8. The molecule has 4 rings (SSSR count). The number of fused-ring (bicyclic) bond motifs is 1. The van der Waals surface area contributed by atoms with E-state index >= 15 is 0 Å². The van der Waals surface area contributed by atoms with Gasteiger partial charge in [-0.1, -0.05) is 49.4 Å². The van der Waals surface area contributed by atoms with Crippen LogP contribution in [0.2, 0.25) is 0 Å². The zero-order chi connectivity index (χ0) is 20.2. The number of hydrogen-bond acceptors (Lipinski definition) is 4. The lowest BCUT2D eigenvalue weighted by Crippen LogP contribution is -2.27. The summed E-state index contributed by atoms with van der Waals surface area (Å²) in [5.41, 5.74) is 4.23. The van der Waals surface area contributed by atoms with E-state index in [0.29, 0.717) is 43.5 Å². The molecule has 0 saturated heterocycles. The number of nitrogens with zero attached hydrogens (tertiary/aromatic N) is 2. The van der Waals surface area contributed by atoms with Crippen molar-refractivity contribution in [3.63, 3.8) is 0 Å². The van der Waals surface area contributed by atoms with Crippen LogP contribution in [0.1, 0.15) is 43.5 Å². The van der Waals surface area contributed by atoms with Gasteiger partial charge in [-0.15, -0.1) is 0 Å². The first-order valence-corrected chi connectivity index (χ1v) is 10.1. The number of aromatic nitrogens is 2. The summed E-state index contributed by atoms with van der Waals surface area (Å²) < 4.78 is 0. The second-order valence-electron chi connectivity index (χ2n) is 7.39. The molecule has 0 aliphatic heterocycles. The Labute approximate surface area is 170 Å². The monoisotopic (exact) mass is 387 g/mol. The lowest BCUT2D eigenvalue weighted by Gasteiger charge is -2.26. The topological polar surface area (TPSA) is 78.3 Å². The number of aromatic amines is 1. The highest BCUT2D eigenvalue weighted by Crippen LogP contribution is 2.33. The van der Waals surface area contributed by atoms with Gasteiger partial charge in [0.25, 0.3) is 0 Å². The van der Waals surface area contributed by atoms with E-state index in [1.807, 2.05) is 49.4 Å². The van der Waals surface area contributed by atoms with Crippen LogP contribution < -0.4 is 0 Å². The van der Waals surface area contributed by atoms with Crippen molar-refractivity contribution in [2.75, 3.05) is 6.54 Å². The van der Waals surface area contributed by atoms with Crippen LogP contribution in [0, 0.1) is 0 Å². The van der Waals surface area contributed by atoms with Crippen LogP contribution in [0.4, 0.5) is 0 Å². The Morgan fingerprint density at radius 3 is 2.66 bits per heavy atom. The van der Waals surface area contributed by atoms with E-state index in [1.54, 1.807) is 0 Å². The molecule has 2 N–H and O–H groups in total. The zero-order valence-electron chi connectivity index (χ0n) is 16.6. The summed E-state index contributed by atoms with van der Waals surface area (Å²) >= 11 is 0. The van der Waals surface area contributed by atoms with Gasteiger partial charge in [0.1, 0.15) is 11.6 Å². The summed E-state index contributed by atoms with van der Waals surface area (Å²) in [6, 6.07) is 18.0. The summed E-state index contributed by atoms with van der Waals surface area (Å²) in [6.45, 7) is 2.37. The van der Waals surface area contributed by atoms with Crippen LogP contribution in [-0.4, -0.2) is 33.1 Å². The molecular weight excluding hydrogens is 362 g/mol. The molecule has 2 aromatic carbocycles. The minimum absolute atomic E-state index is 0.0214. The minimum atomic E-state index is -0.0214. The number of carbonyl (C=O) groups excluding carboxylic acids is 1. The lowest BCUT2D eigenvalue weighted by molar-refractivity contribution is -0.115. The number of benzene rings is 2. The number of Topliss-reactive ketones (excluding diaryl/α,β-unsaturated/α-hetero) is 1. The first-order chi connectivity index (χ1) is 14.2. The predicted molar refractivity (Wildman–Crippen MR) is 115 cm³/mol. The molecule has 3 aromatic rings. The number of ketones is 1. The normalized spacial score (nSPS) is 20.4. The van der Waals surface area contributed by atoms with Gasteiger partial charge in [-0.05, 0) is 30.0 Å². The van der Waals surface area contributed by atoms with Crippen LogP contribution >= 0.6 is 0 Å². The van der Waals surface area contributed by atoms with Crippen molar-refractivity contribution < 1.29 is 9.90 Å². The van der Waals surface area contributed by atoms with E-state index in [4.69, 9.17) is 4.99 Å². The smallest absolute Gasteiger partial charge is 0.168 e. The van der Waals surface area contributed by atoms with Crippen molar-refractivity contribution >= 4 is 22.5 Å². The first kappa shape index (κ1) is 19.1. The van der Waals surface area contributed by atoms with Gasteiger partial charge in [0.15, 0.2) is 5.78 Å². The van der Waals surface area contributed by atoms with E-state index < -0.39 is 0 Å². The van der Waals surface area contributed by atoms with Crippen molar-refractivity contribution in [2.45, 2.75) is 38.5 Å². The Morgan fingerprint density at radius 1 is 1.14 bits per heavy atom. The Hall–Kier alpha value is -3.21. The molecule has 1 heterocycles. The second kappa shape index (κ2) is 8.43. The van der Waals surface area contributed by atoms with Crippen molar-refractivity contribution in [2.24, 2.45) is 4.99 Å². The highest BCUT2D eigenvalue weighted by Gasteiger charge is 2.31. The first-order valence-electron chi connectivity index (χ1n) is 10.1. The standard InChI is InChI=1S/C24H25N3O2/c1-2-21(28)24-20(14-17(15-22(24)29)16-8-4-3-5-9-16)25-13-12-23-26-18-10-6-7-11-19(18)27-23/h3-11,17,28H,2,12-15H2,1H3,(H,26,27). The van der Waals surface area contributed by atoms with Gasteiger partial charge in [-0.25, -0.2) is 4.98 Å². The number of imidazole rings is 1. The highest BCUT2D eigenvalue weighted by molar-refractivity contribution is 6.24. The Morgan fingerprint density at radius 2 is 1.90 bits per heavy atom. The lowest BCUT2D eigenvalue weighted by atomic mass is 9.79. The quantitative estimate of drug-likeness (QED) is 0.482. The van der Waals surface area contributed by atoms with Crippen LogP contribution in [0.3, 0.4) is 0 Å². The van der Waals surface area contributed by atoms with Gasteiger partial charge in [-0.3, -0.25) is 9.79 Å². The number of para-hydroxylation sites is 2. The van der Waals surface area contributed by atoms with E-state index in [9.17, 15) is 9.90 Å². The van der Waals surface area contributed by atoms with Gasteiger partial charge in [-0.2, -0.15) is 0 Å². The second-order valence-corrected chi connectivity index (χ2v) is 7.39. The largest absolute Gasteiger partial charge is 0.512 e. The molecule has 5 heteroatoms. The summed E-state index contributed by atoms with van der Waals surface area (Å²) in [7, 11) is 0. The van der Waals surface area contributed by atoms with Crippen molar-refractivity contribution in [1.29, 1.82) is 0 Å². The molecule has 1 atom stereocenters. The average molecular weight is 387 g/mol. The van der Waals surface area contributed by atoms with Crippen LogP contribution in [-0.2, 0) is 11.2 Å². The molecule has 148 valence electrons. The van der Waals surface area contributed by atoms with Gasteiger partial charge < -0.3 is 10.1 Å². The number of allylic oxidation sites excluding steroid dienone is 2. The van der Waals surface area contributed by atoms with Crippen molar-refractivity contribution in [1.82, 2.24) is 9.97 Å². The number of aliphatic hydroxyl groups is 1. The van der Waals surface area contributed by atoms with E-state index in [-0.39, 0.29) is 17.5 Å². The maximum atomic E-state index is 12.8. The number of aliphatic hydroxyl groups excluding tert-OH is 1. The fraction of sp³-hybridized carbons (Fsp3) is 0.292. The number of H-pyrrole nitrogens is 1. The third kappa shape index (κ3) is 4.14. The molecule has 0 spiro atoms. The third-order valence-electron chi connectivity index (χ3n) is 5.42. The average Bonchev–Trinajstić information content (AvgIpc) is 3.16. The highest BCUT2D eigenvalue weighted by atomic mass is 16.3. The van der Waals surface area contributed by atoms with E-state index in [1.165, 1.54) is 0 Å². The summed E-state index contributed by atoms with van der Waals surface area (Å²) in [5, 5.41) is 10.4. The van der Waals surface area contributed by atoms with Crippen LogP contribution in [0.5, 0.6) is 0 Å². The molecule has 1 fully saturated rings. The van der Waals surface area contributed by atoms with Gasteiger partial charge in [0.05, 0.1) is 16.6 Å². The molecule has 5 nitrogen and oxygen atoms in total. The predicted octanol–water partition coefficient (Wildman–Crippen LogP) is 4.92. The van der Waals surface area contributed by atoms with E-state index in [0.717, 1.165) is 22.4 Å². The number of rotatable bonds is 5. The van der Waals surface area contributed by atoms with Gasteiger partial charge >= 0.3 is 0 Å². The molecule has 0 amide bonds. The van der Waals surface area contributed by atoms with Crippen LogP contribution in [0.15, 0.2) is 70.9 Å². The zero-order valence-corrected chi connectivity index (χ0v) is 16.6. The summed E-state index contributed by atoms with van der Waals surface area (Å²) in [6.07, 6.45) is 2.16. The van der Waals surface area contributed by atoms with Gasteiger partial charge in [0.2, 0.25) is 0 Å². The number of aliphatic imine (C=N–C) groups is 1. The SMILES string of the molecule is CCC(O)=C1C(=O)CC(c2ccccc2)CC1=NCCc1nc2ccccc2[nH]1. The molecular formula is C24H25N3O2. The van der Waals surface area contributed by atoms with E-state index in [2.05, 4.69) is 22.1 Å². The fourth-order valence-corrected chi connectivity index (χ4v) is 3.92. The van der Waals surface area contributed by atoms with Crippen molar-refractivity contribution in [3.8, 4) is 0 Å². The number of nitrogens with one attached hydrogen (secondary N) is 1. The van der Waals surface area contributed by atoms with Crippen molar-refractivity contribution in [3.05, 3.63) is 77.3 Å². The molecule has 1 unspecified atom stereocenters. The molecule has 1 aromatic heterocycles. The Balaban J connectivity index is 1.57. The summed E-state index contributed by atoms with van der Waals surface area (Å²) in [4.78, 5) is 25.5. The van der Waals surface area contributed by atoms with Crippen LogP contribution in [0.25, 0.3) is 11.0 Å². The molecule has 0 radical (unpaired) electrons. The maximum Gasteiger partial charge on any atom is 0.168 e. The summed E-state index contributed by atoms with van der Waals surface area (Å²) in [5.74, 6) is 1.10. The molecule has 0 bridgehead atoms. The Kier molecular flexibility index (Phi) is 5.56. The minimum Gasteiger partial charge on any atom is -0.512 e. The molecule has 1 saturated carbocycles. The molecule has 1 aliphatic rings. The Bertz CT molecular complexity index is 1050. The molecule has 29 heavy (non-hydrogen) atoms. The number of carbonyl (C=O) groups is 1. The fourth-order valence-electron chi connectivity index (χ4n) is 3.92. The third-order valence-corrected chi connectivity index (χ3v) is 5.42.